The minimum Gasteiger partial charge on any atom is -0.460 e. The summed E-state index contributed by atoms with van der Waals surface area (Å²) >= 11 is 1.13. The second kappa shape index (κ2) is 6.46. The summed E-state index contributed by atoms with van der Waals surface area (Å²) in [4.78, 5) is 12.0. The molecule has 0 amide bonds. The van der Waals surface area contributed by atoms with Gasteiger partial charge in [-0.05, 0) is 37.0 Å². The Kier molecular flexibility index (Phi) is 5.15. The van der Waals surface area contributed by atoms with E-state index in [1.165, 1.54) is 6.42 Å². The van der Waals surface area contributed by atoms with Crippen LogP contribution in [0.1, 0.15) is 40.0 Å². The summed E-state index contributed by atoms with van der Waals surface area (Å²) in [6, 6.07) is 0. The van der Waals surface area contributed by atoms with E-state index in [2.05, 4.69) is 20.8 Å². The first-order valence-electron chi connectivity index (χ1n) is 7.11. The van der Waals surface area contributed by atoms with E-state index in [0.717, 1.165) is 24.6 Å². The average Bonchev–Trinajstić information content (AvgIpc) is 2.75. The van der Waals surface area contributed by atoms with Crippen molar-refractivity contribution in [2.75, 3.05) is 6.61 Å². The van der Waals surface area contributed by atoms with Crippen molar-refractivity contribution in [1.82, 2.24) is 0 Å². The third-order valence-electron chi connectivity index (χ3n) is 4.02. The Hall–Kier alpha value is -0.260. The maximum atomic E-state index is 12.0. The Labute approximate surface area is 119 Å². The van der Waals surface area contributed by atoms with E-state index in [1.54, 1.807) is 0 Å². The predicted octanol–water partition coefficient (Wildman–Crippen LogP) is 2.40. The van der Waals surface area contributed by atoms with Crippen LogP contribution in [-0.4, -0.2) is 34.7 Å². The number of carbonyl (C=O) groups excluding carboxylic acids is 1. The molecule has 1 N–H and O–H groups in total. The lowest BCUT2D eigenvalue weighted by Gasteiger charge is -2.35. The molecule has 1 saturated carbocycles. The van der Waals surface area contributed by atoms with E-state index < -0.39 is 10.9 Å². The molecule has 2 rings (SSSR count). The van der Waals surface area contributed by atoms with Gasteiger partial charge in [0.1, 0.15) is 11.5 Å². The Morgan fingerprint density at radius 1 is 1.37 bits per heavy atom. The van der Waals surface area contributed by atoms with Crippen LogP contribution in [0.15, 0.2) is 0 Å². The molecule has 0 aromatic rings. The maximum absolute atomic E-state index is 12.0. The highest BCUT2D eigenvalue weighted by Gasteiger charge is 2.36. The van der Waals surface area contributed by atoms with Gasteiger partial charge in [-0.25, -0.2) is 4.79 Å². The average molecular weight is 288 g/mol. The van der Waals surface area contributed by atoms with E-state index in [9.17, 15) is 9.90 Å². The summed E-state index contributed by atoms with van der Waals surface area (Å²) in [6.45, 7) is 6.89. The van der Waals surface area contributed by atoms with Crippen LogP contribution in [0.3, 0.4) is 0 Å². The number of aliphatic hydroxyl groups is 1. The van der Waals surface area contributed by atoms with Gasteiger partial charge in [-0.1, -0.05) is 32.5 Å². The highest BCUT2D eigenvalue weighted by Crippen LogP contribution is 2.36. The fraction of sp³-hybridized carbons (Fsp3) is 0.929. The Morgan fingerprint density at radius 3 is 2.68 bits per heavy atom. The van der Waals surface area contributed by atoms with Crippen molar-refractivity contribution in [3.63, 3.8) is 0 Å². The molecular weight excluding hydrogens is 264 g/mol. The zero-order chi connectivity index (χ0) is 14.0. The van der Waals surface area contributed by atoms with Crippen LogP contribution in [0.4, 0.5) is 0 Å². The van der Waals surface area contributed by atoms with E-state index in [0.29, 0.717) is 17.8 Å². The highest BCUT2D eigenvalue weighted by molar-refractivity contribution is 8.01. The van der Waals surface area contributed by atoms with Gasteiger partial charge < -0.3 is 14.6 Å². The van der Waals surface area contributed by atoms with Gasteiger partial charge in [0.15, 0.2) is 0 Å². The first-order chi connectivity index (χ1) is 8.95. The Balaban J connectivity index is 1.85. The maximum Gasteiger partial charge on any atom is 0.346 e. The van der Waals surface area contributed by atoms with E-state index in [1.807, 2.05) is 0 Å². The topological polar surface area (TPSA) is 55.8 Å². The minimum atomic E-state index is -0.648. The van der Waals surface area contributed by atoms with Crippen LogP contribution in [0.25, 0.3) is 0 Å². The molecule has 5 heteroatoms. The van der Waals surface area contributed by atoms with Crippen LogP contribution >= 0.6 is 11.8 Å². The molecule has 2 fully saturated rings. The van der Waals surface area contributed by atoms with Crippen molar-refractivity contribution >= 4 is 17.7 Å². The standard InChI is InChI=1S/C14H24O4S/c1-8(2)10-4-9(3)5-11(6-10)18-13(16)14-17-7-12(15)19-14/h8-12,14-15H,4-7H2,1-3H3/t9-,10-,11?,12+,14+/m0/s1. The number of ether oxygens (including phenoxy) is 2. The van der Waals surface area contributed by atoms with Crippen LogP contribution in [0.5, 0.6) is 0 Å². The summed E-state index contributed by atoms with van der Waals surface area (Å²) in [5.41, 5.74) is -1.25. The number of hydrogen-bond acceptors (Lipinski definition) is 5. The molecule has 5 atom stereocenters. The third-order valence-corrected chi connectivity index (χ3v) is 5.05. The normalized spacial score (nSPS) is 39.5. The largest absolute Gasteiger partial charge is 0.460 e. The van der Waals surface area contributed by atoms with Gasteiger partial charge in [0.05, 0.1) is 6.61 Å². The van der Waals surface area contributed by atoms with E-state index in [4.69, 9.17) is 9.47 Å². The molecule has 0 spiro atoms. The molecule has 0 aromatic carbocycles. The van der Waals surface area contributed by atoms with Crippen LogP contribution < -0.4 is 0 Å². The Bertz CT molecular complexity index is 321. The highest BCUT2D eigenvalue weighted by atomic mass is 32.2. The van der Waals surface area contributed by atoms with E-state index >= 15 is 0 Å². The minimum absolute atomic E-state index is 0.00518. The lowest BCUT2D eigenvalue weighted by atomic mass is 9.75. The van der Waals surface area contributed by atoms with Crippen molar-refractivity contribution in [2.24, 2.45) is 17.8 Å². The third kappa shape index (κ3) is 4.10. The molecule has 1 saturated heterocycles. The number of hydrogen-bond donors (Lipinski definition) is 1. The summed E-state index contributed by atoms with van der Waals surface area (Å²) < 4.78 is 10.8. The van der Waals surface area contributed by atoms with Gasteiger partial charge in [0.25, 0.3) is 0 Å². The molecule has 0 bridgehead atoms. The molecule has 1 aliphatic carbocycles. The zero-order valence-corrected chi connectivity index (χ0v) is 12.7. The van der Waals surface area contributed by atoms with Gasteiger partial charge in [0.2, 0.25) is 5.44 Å². The quantitative estimate of drug-likeness (QED) is 0.808. The van der Waals surface area contributed by atoms with Gasteiger partial charge in [-0.15, -0.1) is 0 Å². The zero-order valence-electron chi connectivity index (χ0n) is 11.9. The van der Waals surface area contributed by atoms with Crippen LogP contribution in [-0.2, 0) is 14.3 Å². The van der Waals surface area contributed by atoms with Gasteiger partial charge in [-0.3, -0.25) is 0 Å². The molecule has 4 nitrogen and oxygen atoms in total. The molecule has 0 radical (unpaired) electrons. The van der Waals surface area contributed by atoms with Gasteiger partial charge >= 0.3 is 5.97 Å². The fourth-order valence-electron chi connectivity index (χ4n) is 2.97. The Morgan fingerprint density at radius 2 is 2.11 bits per heavy atom. The smallest absolute Gasteiger partial charge is 0.346 e. The number of esters is 1. The lowest BCUT2D eigenvalue weighted by molar-refractivity contribution is -0.159. The van der Waals surface area contributed by atoms with Gasteiger partial charge in [0, 0.05) is 0 Å². The first-order valence-corrected chi connectivity index (χ1v) is 8.05. The number of carbonyl (C=O) groups is 1. The monoisotopic (exact) mass is 288 g/mol. The predicted molar refractivity (Wildman–Crippen MR) is 74.6 cm³/mol. The van der Waals surface area contributed by atoms with Crippen molar-refractivity contribution in [2.45, 2.75) is 57.0 Å². The summed E-state index contributed by atoms with van der Waals surface area (Å²) in [7, 11) is 0. The molecule has 1 unspecified atom stereocenters. The van der Waals surface area contributed by atoms with Crippen LogP contribution in [0, 0.1) is 17.8 Å². The lowest BCUT2D eigenvalue weighted by Crippen LogP contribution is -2.34. The first kappa shape index (κ1) is 15.1. The molecule has 0 aromatic heterocycles. The number of aliphatic hydroxyl groups excluding tert-OH is 1. The van der Waals surface area contributed by atoms with Crippen molar-refractivity contribution < 1.29 is 19.4 Å². The molecule has 1 heterocycles. The SMILES string of the molecule is CC(C)[C@@H]1CC(OC(=O)[C@@H]2OC[C@H](O)S2)C[C@@H](C)C1. The van der Waals surface area contributed by atoms with E-state index in [-0.39, 0.29) is 18.7 Å². The van der Waals surface area contributed by atoms with Crippen LogP contribution in [0.2, 0.25) is 0 Å². The summed E-state index contributed by atoms with van der Waals surface area (Å²) in [6.07, 6.45) is 3.12. The molecule has 2 aliphatic rings. The molecule has 1 aliphatic heterocycles. The fourth-order valence-corrected chi connectivity index (χ4v) is 3.73. The number of thioether (sulfide) groups is 1. The van der Waals surface area contributed by atoms with Crippen molar-refractivity contribution in [3.05, 3.63) is 0 Å². The summed E-state index contributed by atoms with van der Waals surface area (Å²) in [5.74, 6) is 1.53. The second-order valence-corrected chi connectivity index (χ2v) is 7.38. The number of rotatable bonds is 3. The van der Waals surface area contributed by atoms with Crippen molar-refractivity contribution in [1.29, 1.82) is 0 Å². The van der Waals surface area contributed by atoms with Gasteiger partial charge in [-0.2, -0.15) is 0 Å². The molecule has 19 heavy (non-hydrogen) atoms. The second-order valence-electron chi connectivity index (χ2n) is 6.13. The summed E-state index contributed by atoms with van der Waals surface area (Å²) in [5, 5.41) is 9.34. The molecular formula is C14H24O4S. The molecule has 110 valence electrons. The van der Waals surface area contributed by atoms with Crippen molar-refractivity contribution in [3.8, 4) is 0 Å².